The van der Waals surface area contributed by atoms with Crippen LogP contribution in [0.4, 0.5) is 11.8 Å². The molecule has 0 radical (unpaired) electrons. The number of nitrogen functional groups attached to an aromatic ring is 2. The summed E-state index contributed by atoms with van der Waals surface area (Å²) in [5.74, 6) is 0.507. The van der Waals surface area contributed by atoms with Crippen LogP contribution in [-0.4, -0.2) is 75.9 Å². The molecule has 0 amide bonds. The minimum Gasteiger partial charge on any atom is -0.383 e. The molecule has 6 heterocycles. The highest BCUT2D eigenvalue weighted by Crippen LogP contribution is 2.39. The number of nitrogens with zero attached hydrogens (tertiary/aromatic N) is 6. The van der Waals surface area contributed by atoms with E-state index in [1.165, 1.54) is 6.33 Å². The zero-order chi connectivity index (χ0) is 29.1. The second-order valence-corrected chi connectivity index (χ2v) is 12.7. The van der Waals surface area contributed by atoms with Gasteiger partial charge in [-0.05, 0) is 50.2 Å². The molecule has 2 saturated heterocycles. The van der Waals surface area contributed by atoms with Gasteiger partial charge < -0.3 is 44.3 Å². The van der Waals surface area contributed by atoms with Crippen molar-refractivity contribution < 1.29 is 28.3 Å². The van der Waals surface area contributed by atoms with Crippen LogP contribution >= 0.6 is 15.5 Å². The third-order valence-corrected chi connectivity index (χ3v) is 7.88. The Morgan fingerprint density at radius 2 is 1.80 bits per heavy atom. The predicted octanol–water partition coefficient (Wildman–Crippen LogP) is 1.54. The molecule has 7 N–H and O–H groups in total. The quantitative estimate of drug-likeness (QED) is 0.175. The van der Waals surface area contributed by atoms with E-state index in [-0.39, 0.29) is 48.3 Å². The summed E-state index contributed by atoms with van der Waals surface area (Å²) in [4.78, 5) is 48.7. The molecule has 16 nitrogen and oxygen atoms in total. The average Bonchev–Trinajstić information content (AvgIpc) is 3.72. The number of aromatic nitrogens is 7. The van der Waals surface area contributed by atoms with Gasteiger partial charge in [0.1, 0.15) is 30.2 Å². The molecule has 0 aliphatic carbocycles. The Hall–Kier alpha value is -2.59. The smallest absolute Gasteiger partial charge is 0.321 e. The van der Waals surface area contributed by atoms with Crippen LogP contribution in [0, 0.1) is 0 Å². The number of hydrogen-bond donors (Lipinski definition) is 5. The van der Waals surface area contributed by atoms with Crippen LogP contribution < -0.4 is 17.0 Å². The van der Waals surface area contributed by atoms with Crippen molar-refractivity contribution in [2.45, 2.75) is 50.3 Å². The average molecular weight is 628 g/mol. The fraction of sp³-hybridized carbons (Fsp3) is 0.500. The lowest BCUT2D eigenvalue weighted by Gasteiger charge is -2.17. The lowest BCUT2D eigenvalue weighted by molar-refractivity contribution is -0.0176. The zero-order valence-corrected chi connectivity index (χ0v) is 24.7. The molecule has 5 atom stereocenters. The van der Waals surface area contributed by atoms with E-state index in [0.29, 0.717) is 32.5 Å². The highest BCUT2D eigenvalue weighted by molar-refractivity contribution is 8.06. The van der Waals surface area contributed by atoms with Gasteiger partial charge in [-0.2, -0.15) is 4.98 Å². The number of anilines is 2. The summed E-state index contributed by atoms with van der Waals surface area (Å²) in [6, 6.07) is 1.85. The van der Waals surface area contributed by atoms with Crippen molar-refractivity contribution in [2.75, 3.05) is 31.3 Å². The monoisotopic (exact) mass is 627 g/mol. The number of imidazole rings is 1. The third-order valence-electron chi connectivity index (χ3n) is 6.62. The third kappa shape index (κ3) is 7.08. The Labute approximate surface area is 240 Å². The van der Waals surface area contributed by atoms with E-state index in [4.69, 9.17) is 39.8 Å². The number of ether oxygens (including phenoxy) is 2. The van der Waals surface area contributed by atoms with Gasteiger partial charge in [-0.15, -0.1) is 0 Å². The van der Waals surface area contributed by atoms with Gasteiger partial charge in [-0.3, -0.25) is 14.3 Å². The SMILES string of the molecule is CPOCC1CCC(n2cnc3c(=O)[nH]c(N)nc32)O1.Nc1ncnc2c1ccn2C1CCC(COP(O)(O)=S)O1. The maximum atomic E-state index is 11.7. The molecule has 0 saturated carbocycles. The topological polar surface area (TPSA) is 224 Å². The van der Waals surface area contributed by atoms with Gasteiger partial charge in [0.05, 0.1) is 37.1 Å². The molecule has 6 rings (SSSR count). The maximum Gasteiger partial charge on any atom is 0.321 e. The molecular weight excluding hydrogens is 596 g/mol. The van der Waals surface area contributed by atoms with E-state index in [2.05, 4.69) is 36.7 Å². The molecule has 19 heteroatoms. The van der Waals surface area contributed by atoms with E-state index in [0.717, 1.165) is 31.1 Å². The van der Waals surface area contributed by atoms with Crippen molar-refractivity contribution in [1.82, 2.24) is 34.1 Å². The summed E-state index contributed by atoms with van der Waals surface area (Å²) in [5, 5.41) is 0.780. The van der Waals surface area contributed by atoms with Crippen LogP contribution in [0.25, 0.3) is 22.2 Å². The van der Waals surface area contributed by atoms with Gasteiger partial charge in [0, 0.05) is 15.0 Å². The summed E-state index contributed by atoms with van der Waals surface area (Å²) >= 11 is 4.41. The Morgan fingerprint density at radius 1 is 1.10 bits per heavy atom. The fourth-order valence-corrected chi connectivity index (χ4v) is 5.66. The van der Waals surface area contributed by atoms with E-state index >= 15 is 0 Å². The molecule has 2 aliphatic heterocycles. The molecule has 2 aliphatic rings. The van der Waals surface area contributed by atoms with Crippen LogP contribution in [-0.2, 0) is 30.3 Å². The number of fused-ring (bicyclic) bond motifs is 2. The molecule has 5 unspecified atom stereocenters. The first-order valence-corrected chi connectivity index (χ1v) is 16.7. The van der Waals surface area contributed by atoms with Gasteiger partial charge in [0.25, 0.3) is 5.56 Å². The predicted molar refractivity (Wildman–Crippen MR) is 156 cm³/mol. The molecule has 0 spiro atoms. The molecule has 0 aromatic carbocycles. The highest BCUT2D eigenvalue weighted by Gasteiger charge is 2.30. The van der Waals surface area contributed by atoms with Crippen molar-refractivity contribution in [3.05, 3.63) is 35.3 Å². The fourth-order valence-electron chi connectivity index (χ4n) is 4.76. The number of nitrogens with one attached hydrogen (secondary N) is 1. The van der Waals surface area contributed by atoms with Gasteiger partial charge >= 0.3 is 6.72 Å². The lowest BCUT2D eigenvalue weighted by Crippen LogP contribution is -2.16. The summed E-state index contributed by atoms with van der Waals surface area (Å²) < 4.78 is 25.6. The van der Waals surface area contributed by atoms with Crippen molar-refractivity contribution in [1.29, 1.82) is 0 Å². The minimum absolute atomic E-state index is 0.0666. The molecule has 41 heavy (non-hydrogen) atoms. The van der Waals surface area contributed by atoms with Gasteiger partial charge in [0.2, 0.25) is 5.95 Å². The van der Waals surface area contributed by atoms with Gasteiger partial charge in [0.15, 0.2) is 11.2 Å². The van der Waals surface area contributed by atoms with Crippen LogP contribution in [0.5, 0.6) is 0 Å². The molecule has 2 fully saturated rings. The number of aromatic amines is 1. The first-order valence-electron chi connectivity index (χ1n) is 12.7. The standard InChI is InChI=1S/C11H16N5O3P.C11H15N4O4PS/c1-20-18-4-6-2-3-7(19-6)16-5-13-8-9(16)14-11(12)15-10(8)17;12-10-8-3-4-15(11(8)14-6-13-10)9-2-1-7(19-9)5-18-20(16,17)21/h5-7,20H,2-4H2,1H3,(H3,12,14,15,17);3-4,6-7,9H,1-2,5H2,(H2,12,13,14)(H2,16,17,21). The van der Waals surface area contributed by atoms with Crippen molar-refractivity contribution >= 4 is 61.3 Å². The Bertz CT molecular complexity index is 1610. The number of rotatable bonds is 8. The summed E-state index contributed by atoms with van der Waals surface area (Å²) in [6.07, 6.45) is 7.56. The second-order valence-electron chi connectivity index (χ2n) is 9.38. The van der Waals surface area contributed by atoms with Crippen LogP contribution in [0.3, 0.4) is 0 Å². The van der Waals surface area contributed by atoms with Gasteiger partial charge in [-0.25, -0.2) is 15.0 Å². The van der Waals surface area contributed by atoms with Crippen LogP contribution in [0.15, 0.2) is 29.7 Å². The Balaban J connectivity index is 0.000000165. The number of hydrogen-bond acceptors (Lipinski definition) is 12. The maximum absolute atomic E-state index is 11.7. The zero-order valence-electron chi connectivity index (χ0n) is 22.0. The molecule has 0 bridgehead atoms. The normalized spacial score (nSPS) is 23.1. The van der Waals surface area contributed by atoms with E-state index in [9.17, 15) is 4.79 Å². The molecule has 4 aromatic heterocycles. The van der Waals surface area contributed by atoms with Crippen molar-refractivity contribution in [2.24, 2.45) is 0 Å². The van der Waals surface area contributed by atoms with Crippen molar-refractivity contribution in [3.8, 4) is 0 Å². The summed E-state index contributed by atoms with van der Waals surface area (Å²) in [7, 11) is 0.457. The Kier molecular flexibility index (Phi) is 9.28. The minimum atomic E-state index is -3.63. The summed E-state index contributed by atoms with van der Waals surface area (Å²) in [5.41, 5.74) is 12.5. The Morgan fingerprint density at radius 3 is 2.51 bits per heavy atom. The van der Waals surface area contributed by atoms with Crippen molar-refractivity contribution in [3.63, 3.8) is 0 Å². The molecule has 4 aromatic rings. The molecular formula is C22H31N9O7P2S. The lowest BCUT2D eigenvalue weighted by atomic mass is 10.2. The first-order chi connectivity index (χ1) is 19.6. The van der Waals surface area contributed by atoms with Crippen LogP contribution in [0.2, 0.25) is 0 Å². The number of H-pyrrole nitrogens is 1. The molecule has 222 valence electrons. The van der Waals surface area contributed by atoms with E-state index in [1.54, 1.807) is 10.9 Å². The largest absolute Gasteiger partial charge is 0.383 e. The second kappa shape index (κ2) is 12.7. The number of nitrogens with two attached hydrogens (primary N) is 2. The van der Waals surface area contributed by atoms with E-state index in [1.807, 2.05) is 23.5 Å². The first kappa shape index (κ1) is 29.9. The summed E-state index contributed by atoms with van der Waals surface area (Å²) in [6.45, 7) is -0.995. The highest BCUT2D eigenvalue weighted by atomic mass is 32.5. The van der Waals surface area contributed by atoms with E-state index < -0.39 is 6.72 Å². The van der Waals surface area contributed by atoms with Gasteiger partial charge in [-0.1, -0.05) is 0 Å². The van der Waals surface area contributed by atoms with Crippen LogP contribution in [0.1, 0.15) is 38.1 Å².